The number of hydrogen-bond acceptors (Lipinski definition) is 2. The summed E-state index contributed by atoms with van der Waals surface area (Å²) in [7, 11) is 3.69. The standard InChI is InChI=1S/C14H21BrFNO/c1-10(9-18-3)6-12(17-2)7-11-4-5-14(16)13(15)8-11/h4-5,8,10,12,17H,6-7,9H2,1-3H3. The van der Waals surface area contributed by atoms with Gasteiger partial charge in [-0.05, 0) is 59.4 Å². The third-order valence-corrected chi connectivity index (χ3v) is 3.62. The Bertz CT molecular complexity index is 373. The molecule has 0 radical (unpaired) electrons. The van der Waals surface area contributed by atoms with Gasteiger partial charge in [0.05, 0.1) is 4.47 Å². The van der Waals surface area contributed by atoms with Crippen molar-refractivity contribution in [1.29, 1.82) is 0 Å². The Morgan fingerprint density at radius 1 is 1.44 bits per heavy atom. The topological polar surface area (TPSA) is 21.3 Å². The van der Waals surface area contributed by atoms with Crippen LogP contribution in [0.25, 0.3) is 0 Å². The minimum atomic E-state index is -0.215. The zero-order valence-electron chi connectivity index (χ0n) is 11.2. The Balaban J connectivity index is 2.59. The number of halogens is 2. The monoisotopic (exact) mass is 317 g/mol. The minimum Gasteiger partial charge on any atom is -0.384 e. The number of nitrogens with one attached hydrogen (secondary N) is 1. The number of rotatable bonds is 7. The van der Waals surface area contributed by atoms with Crippen LogP contribution in [0.2, 0.25) is 0 Å². The van der Waals surface area contributed by atoms with Gasteiger partial charge < -0.3 is 10.1 Å². The first kappa shape index (κ1) is 15.6. The van der Waals surface area contributed by atoms with Crippen LogP contribution in [0, 0.1) is 11.7 Å². The molecule has 4 heteroatoms. The molecule has 1 N–H and O–H groups in total. The van der Waals surface area contributed by atoms with Crippen molar-refractivity contribution in [3.05, 3.63) is 34.1 Å². The zero-order chi connectivity index (χ0) is 13.5. The van der Waals surface area contributed by atoms with Crippen LogP contribution in [0.1, 0.15) is 18.9 Å². The fourth-order valence-corrected chi connectivity index (χ4v) is 2.52. The van der Waals surface area contributed by atoms with E-state index in [1.165, 1.54) is 6.07 Å². The highest BCUT2D eigenvalue weighted by Gasteiger charge is 2.13. The van der Waals surface area contributed by atoms with E-state index in [9.17, 15) is 4.39 Å². The maximum absolute atomic E-state index is 13.1. The summed E-state index contributed by atoms with van der Waals surface area (Å²) in [5.41, 5.74) is 1.13. The lowest BCUT2D eigenvalue weighted by atomic mass is 9.97. The van der Waals surface area contributed by atoms with Gasteiger partial charge in [0.2, 0.25) is 0 Å². The average Bonchev–Trinajstić information content (AvgIpc) is 2.33. The quantitative estimate of drug-likeness (QED) is 0.832. The van der Waals surface area contributed by atoms with Gasteiger partial charge in [-0.3, -0.25) is 0 Å². The molecule has 0 fully saturated rings. The number of likely N-dealkylation sites (N-methyl/N-ethyl adjacent to an activating group) is 1. The molecule has 2 nitrogen and oxygen atoms in total. The Kier molecular flexibility index (Phi) is 6.82. The third-order valence-electron chi connectivity index (χ3n) is 3.01. The van der Waals surface area contributed by atoms with E-state index in [0.717, 1.165) is 25.0 Å². The first-order chi connectivity index (χ1) is 8.56. The molecule has 2 atom stereocenters. The second-order valence-corrected chi connectivity index (χ2v) is 5.59. The maximum Gasteiger partial charge on any atom is 0.137 e. The van der Waals surface area contributed by atoms with Gasteiger partial charge in [0, 0.05) is 19.8 Å². The molecule has 102 valence electrons. The molecule has 0 amide bonds. The Morgan fingerprint density at radius 3 is 2.72 bits per heavy atom. The molecule has 1 aromatic carbocycles. The van der Waals surface area contributed by atoms with Crippen LogP contribution in [0.15, 0.2) is 22.7 Å². The van der Waals surface area contributed by atoms with Crippen LogP contribution in [-0.2, 0) is 11.2 Å². The maximum atomic E-state index is 13.1. The largest absolute Gasteiger partial charge is 0.384 e. The molecule has 0 bridgehead atoms. The number of ether oxygens (including phenoxy) is 1. The van der Waals surface area contributed by atoms with Gasteiger partial charge in [0.1, 0.15) is 5.82 Å². The van der Waals surface area contributed by atoms with Gasteiger partial charge in [-0.2, -0.15) is 0 Å². The van der Waals surface area contributed by atoms with E-state index in [1.807, 2.05) is 19.2 Å². The van der Waals surface area contributed by atoms with Crippen LogP contribution in [-0.4, -0.2) is 26.8 Å². The minimum absolute atomic E-state index is 0.215. The number of methoxy groups -OCH3 is 1. The van der Waals surface area contributed by atoms with Gasteiger partial charge in [-0.15, -0.1) is 0 Å². The summed E-state index contributed by atoms with van der Waals surface area (Å²) in [5.74, 6) is 0.295. The fraction of sp³-hybridized carbons (Fsp3) is 0.571. The van der Waals surface area contributed by atoms with E-state index in [0.29, 0.717) is 16.4 Å². The van der Waals surface area contributed by atoms with Crippen molar-refractivity contribution in [1.82, 2.24) is 5.32 Å². The highest BCUT2D eigenvalue weighted by Crippen LogP contribution is 2.19. The van der Waals surface area contributed by atoms with Crippen molar-refractivity contribution < 1.29 is 9.13 Å². The lowest BCUT2D eigenvalue weighted by Gasteiger charge is -2.20. The second kappa shape index (κ2) is 7.87. The van der Waals surface area contributed by atoms with E-state index >= 15 is 0 Å². The molecule has 0 saturated carbocycles. The van der Waals surface area contributed by atoms with E-state index in [1.54, 1.807) is 7.11 Å². The van der Waals surface area contributed by atoms with E-state index in [-0.39, 0.29) is 5.82 Å². The summed E-state index contributed by atoms with van der Waals surface area (Å²) < 4.78 is 18.8. The zero-order valence-corrected chi connectivity index (χ0v) is 12.8. The van der Waals surface area contributed by atoms with E-state index in [2.05, 4.69) is 28.2 Å². The van der Waals surface area contributed by atoms with Crippen molar-refractivity contribution in [2.45, 2.75) is 25.8 Å². The van der Waals surface area contributed by atoms with Crippen molar-refractivity contribution in [3.8, 4) is 0 Å². The lowest BCUT2D eigenvalue weighted by Crippen LogP contribution is -2.30. The first-order valence-corrected chi connectivity index (χ1v) is 6.96. The molecule has 0 heterocycles. The van der Waals surface area contributed by atoms with Gasteiger partial charge in [0.15, 0.2) is 0 Å². The molecule has 0 aliphatic carbocycles. The summed E-state index contributed by atoms with van der Waals surface area (Å²) >= 11 is 3.22. The Morgan fingerprint density at radius 2 is 2.17 bits per heavy atom. The van der Waals surface area contributed by atoms with Gasteiger partial charge in [0.25, 0.3) is 0 Å². The number of hydrogen-bond donors (Lipinski definition) is 1. The van der Waals surface area contributed by atoms with Crippen LogP contribution in [0.3, 0.4) is 0 Å². The van der Waals surface area contributed by atoms with E-state index in [4.69, 9.17) is 4.74 Å². The lowest BCUT2D eigenvalue weighted by molar-refractivity contribution is 0.150. The summed E-state index contributed by atoms with van der Waals surface area (Å²) in [4.78, 5) is 0. The third kappa shape index (κ3) is 5.04. The molecule has 0 spiro atoms. The van der Waals surface area contributed by atoms with Gasteiger partial charge in [-0.25, -0.2) is 4.39 Å². The predicted molar refractivity (Wildman–Crippen MR) is 76.3 cm³/mol. The Labute approximate surface area is 117 Å². The SMILES string of the molecule is CNC(Cc1ccc(F)c(Br)c1)CC(C)COC. The van der Waals surface area contributed by atoms with Gasteiger partial charge >= 0.3 is 0 Å². The molecule has 0 aromatic heterocycles. The molecule has 0 saturated heterocycles. The summed E-state index contributed by atoms with van der Waals surface area (Å²) in [6.07, 6.45) is 1.93. The molecular formula is C14H21BrFNO. The average molecular weight is 318 g/mol. The van der Waals surface area contributed by atoms with E-state index < -0.39 is 0 Å². The molecule has 1 rings (SSSR count). The van der Waals surface area contributed by atoms with Crippen molar-refractivity contribution in [3.63, 3.8) is 0 Å². The molecular weight excluding hydrogens is 297 g/mol. The smallest absolute Gasteiger partial charge is 0.137 e. The van der Waals surface area contributed by atoms with Crippen LogP contribution >= 0.6 is 15.9 Å². The van der Waals surface area contributed by atoms with Crippen molar-refractivity contribution in [2.75, 3.05) is 20.8 Å². The molecule has 0 aliphatic heterocycles. The molecule has 2 unspecified atom stereocenters. The predicted octanol–water partition coefficient (Wildman–Crippen LogP) is 3.39. The molecule has 1 aromatic rings. The normalized spacial score (nSPS) is 14.5. The highest BCUT2D eigenvalue weighted by atomic mass is 79.9. The molecule has 18 heavy (non-hydrogen) atoms. The second-order valence-electron chi connectivity index (χ2n) is 4.73. The van der Waals surface area contributed by atoms with Crippen LogP contribution in [0.4, 0.5) is 4.39 Å². The van der Waals surface area contributed by atoms with Crippen LogP contribution < -0.4 is 5.32 Å². The van der Waals surface area contributed by atoms with Gasteiger partial charge in [-0.1, -0.05) is 13.0 Å². The highest BCUT2D eigenvalue weighted by molar-refractivity contribution is 9.10. The first-order valence-electron chi connectivity index (χ1n) is 6.17. The van der Waals surface area contributed by atoms with Crippen molar-refractivity contribution in [2.24, 2.45) is 5.92 Å². The summed E-state index contributed by atoms with van der Waals surface area (Å²) in [6.45, 7) is 2.94. The molecule has 0 aliphatic rings. The summed E-state index contributed by atoms with van der Waals surface area (Å²) in [5, 5.41) is 3.31. The van der Waals surface area contributed by atoms with Crippen LogP contribution in [0.5, 0.6) is 0 Å². The Hall–Kier alpha value is -0.450. The van der Waals surface area contributed by atoms with Crippen molar-refractivity contribution >= 4 is 15.9 Å². The number of benzene rings is 1. The fourth-order valence-electron chi connectivity index (χ4n) is 2.09. The summed E-state index contributed by atoms with van der Waals surface area (Å²) in [6, 6.07) is 5.57.